The van der Waals surface area contributed by atoms with Gasteiger partial charge in [0.2, 0.25) is 5.91 Å². The smallest absolute Gasteiger partial charge is 0.323 e. The van der Waals surface area contributed by atoms with E-state index in [-0.39, 0.29) is 18.1 Å². The van der Waals surface area contributed by atoms with Crippen molar-refractivity contribution in [2.45, 2.75) is 33.4 Å². The Morgan fingerprint density at radius 3 is 2.23 bits per heavy atom. The van der Waals surface area contributed by atoms with Crippen molar-refractivity contribution in [3.8, 4) is 0 Å². The number of nitrogens with one attached hydrogen (secondary N) is 1. The topological polar surface area (TPSA) is 56.0 Å². The fraction of sp³-hybridized carbons (Fsp3) is 0.263. The molecule has 2 aromatic carbocycles. The van der Waals surface area contributed by atoms with Crippen molar-refractivity contribution < 1.29 is 4.79 Å². The molecule has 0 aliphatic rings. The van der Waals surface area contributed by atoms with Crippen LogP contribution in [0.15, 0.2) is 50.1 Å². The largest absolute Gasteiger partial charge is 0.329 e. The quantitative estimate of drug-likeness (QED) is 0.576. The molecule has 0 saturated carbocycles. The number of aromatic nitrogens is 2. The van der Waals surface area contributed by atoms with Gasteiger partial charge >= 0.3 is 5.69 Å². The Hall–Kier alpha value is -1.86. The lowest BCUT2D eigenvalue weighted by molar-refractivity contribution is -0.116. The van der Waals surface area contributed by atoms with Gasteiger partial charge in [-0.2, -0.15) is 0 Å². The maximum Gasteiger partial charge on any atom is 0.329 e. The van der Waals surface area contributed by atoms with E-state index in [4.69, 9.17) is 0 Å². The molecular weight excluding hydrogens is 462 g/mol. The molecule has 5 nitrogen and oxygen atoms in total. The van der Waals surface area contributed by atoms with E-state index in [9.17, 15) is 9.59 Å². The summed E-state index contributed by atoms with van der Waals surface area (Å²) in [5, 5.41) is 2.89. The molecule has 1 heterocycles. The van der Waals surface area contributed by atoms with Gasteiger partial charge in [0.25, 0.3) is 0 Å². The molecule has 1 amide bonds. The minimum atomic E-state index is -0.253. The van der Waals surface area contributed by atoms with Crippen LogP contribution in [0.2, 0.25) is 0 Å². The number of halogens is 2. The van der Waals surface area contributed by atoms with E-state index >= 15 is 0 Å². The minimum absolute atomic E-state index is 0.0389. The summed E-state index contributed by atoms with van der Waals surface area (Å²) >= 11 is 6.95. The number of para-hydroxylation sites is 2. The Morgan fingerprint density at radius 2 is 1.65 bits per heavy atom. The number of aryl methyl sites for hydroxylation is 2. The molecule has 0 unspecified atom stereocenters. The van der Waals surface area contributed by atoms with Gasteiger partial charge in [0.1, 0.15) is 6.54 Å². The summed E-state index contributed by atoms with van der Waals surface area (Å²) in [5.41, 5.74) is 3.18. The van der Waals surface area contributed by atoms with Crippen LogP contribution in [0.5, 0.6) is 0 Å². The zero-order valence-electron chi connectivity index (χ0n) is 14.6. The normalized spacial score (nSPS) is 11.1. The van der Waals surface area contributed by atoms with Crippen molar-refractivity contribution in [1.82, 2.24) is 9.13 Å². The molecule has 0 radical (unpaired) electrons. The van der Waals surface area contributed by atoms with Crippen LogP contribution in [0, 0.1) is 6.92 Å². The van der Waals surface area contributed by atoms with Crippen molar-refractivity contribution in [3.05, 3.63) is 61.4 Å². The zero-order chi connectivity index (χ0) is 18.8. The van der Waals surface area contributed by atoms with Gasteiger partial charge in [-0.25, -0.2) is 4.79 Å². The fourth-order valence-corrected chi connectivity index (χ4v) is 4.62. The number of hydrogen-bond donors (Lipinski definition) is 1. The number of anilines is 1. The van der Waals surface area contributed by atoms with Gasteiger partial charge in [0.05, 0.1) is 16.7 Å². The molecule has 1 N–H and O–H groups in total. The van der Waals surface area contributed by atoms with Crippen LogP contribution >= 0.6 is 31.9 Å². The molecular formula is C19H19Br2N3O2. The molecule has 0 aliphatic carbocycles. The molecule has 0 fully saturated rings. The first-order valence-corrected chi connectivity index (χ1v) is 9.94. The highest BCUT2D eigenvalue weighted by atomic mass is 79.9. The number of amides is 1. The van der Waals surface area contributed by atoms with Gasteiger partial charge in [-0.05, 0) is 75.0 Å². The Kier molecular flexibility index (Phi) is 5.67. The van der Waals surface area contributed by atoms with E-state index < -0.39 is 0 Å². The number of fused-ring (bicyclic) bond motifs is 1. The van der Waals surface area contributed by atoms with Crippen LogP contribution in [0.3, 0.4) is 0 Å². The van der Waals surface area contributed by atoms with E-state index in [1.165, 1.54) is 4.57 Å². The number of rotatable bonds is 5. The average Bonchev–Trinajstić information content (AvgIpc) is 2.84. The van der Waals surface area contributed by atoms with Gasteiger partial charge < -0.3 is 5.32 Å². The number of carbonyl (C=O) groups is 1. The van der Waals surface area contributed by atoms with E-state index in [2.05, 4.69) is 37.2 Å². The Bertz CT molecular complexity index is 1010. The van der Waals surface area contributed by atoms with E-state index in [0.29, 0.717) is 12.2 Å². The number of carbonyl (C=O) groups excluding carboxylic acids is 1. The summed E-state index contributed by atoms with van der Waals surface area (Å²) in [4.78, 5) is 25.4. The van der Waals surface area contributed by atoms with Crippen molar-refractivity contribution in [2.24, 2.45) is 0 Å². The molecule has 3 rings (SSSR count). The van der Waals surface area contributed by atoms with Gasteiger partial charge in [0, 0.05) is 15.5 Å². The summed E-state index contributed by atoms with van der Waals surface area (Å²) < 4.78 is 4.83. The highest BCUT2D eigenvalue weighted by Crippen LogP contribution is 2.32. The van der Waals surface area contributed by atoms with Crippen molar-refractivity contribution in [2.75, 3.05) is 5.32 Å². The second-order valence-electron chi connectivity index (χ2n) is 6.16. The molecule has 0 spiro atoms. The number of benzene rings is 2. The predicted octanol–water partition coefficient (Wildman–Crippen LogP) is 4.69. The third-order valence-corrected chi connectivity index (χ3v) is 5.38. The fourth-order valence-electron chi connectivity index (χ4n) is 3.01. The first-order valence-electron chi connectivity index (χ1n) is 8.36. The molecule has 7 heteroatoms. The van der Waals surface area contributed by atoms with Gasteiger partial charge in [-0.1, -0.05) is 19.1 Å². The van der Waals surface area contributed by atoms with Crippen molar-refractivity contribution >= 4 is 54.5 Å². The molecule has 1 aromatic heterocycles. The zero-order valence-corrected chi connectivity index (χ0v) is 17.7. The van der Waals surface area contributed by atoms with E-state index in [0.717, 1.165) is 32.0 Å². The second kappa shape index (κ2) is 7.80. The van der Waals surface area contributed by atoms with Gasteiger partial charge in [-0.15, -0.1) is 0 Å². The van der Waals surface area contributed by atoms with Crippen LogP contribution < -0.4 is 11.0 Å². The lowest BCUT2D eigenvalue weighted by atomic mass is 10.2. The van der Waals surface area contributed by atoms with Gasteiger partial charge in [-0.3, -0.25) is 13.9 Å². The van der Waals surface area contributed by atoms with E-state index in [1.807, 2.05) is 50.2 Å². The lowest BCUT2D eigenvalue weighted by Gasteiger charge is -2.11. The van der Waals surface area contributed by atoms with Gasteiger partial charge in [0.15, 0.2) is 0 Å². The van der Waals surface area contributed by atoms with E-state index in [1.54, 1.807) is 4.57 Å². The molecule has 26 heavy (non-hydrogen) atoms. The monoisotopic (exact) mass is 479 g/mol. The third kappa shape index (κ3) is 3.64. The third-order valence-electron chi connectivity index (χ3n) is 4.12. The van der Waals surface area contributed by atoms with Crippen molar-refractivity contribution in [1.29, 1.82) is 0 Å². The summed E-state index contributed by atoms with van der Waals surface area (Å²) in [6, 6.07) is 11.4. The maximum atomic E-state index is 12.8. The Morgan fingerprint density at radius 1 is 1.08 bits per heavy atom. The standard InChI is InChI=1S/C19H19Br2N3O2/c1-3-8-23-15-6-4-5-7-16(15)24(19(23)26)11-17(25)22-18-13(20)9-12(2)10-14(18)21/h4-7,9-10H,3,8,11H2,1-2H3,(H,22,25). The lowest BCUT2D eigenvalue weighted by Crippen LogP contribution is -2.29. The average molecular weight is 481 g/mol. The highest BCUT2D eigenvalue weighted by molar-refractivity contribution is 9.11. The molecule has 0 saturated heterocycles. The van der Waals surface area contributed by atoms with Crippen LogP contribution in [0.25, 0.3) is 11.0 Å². The molecule has 0 atom stereocenters. The highest BCUT2D eigenvalue weighted by Gasteiger charge is 2.16. The summed E-state index contributed by atoms with van der Waals surface area (Å²) in [6.45, 7) is 4.59. The Balaban J connectivity index is 1.93. The number of imidazole rings is 1. The van der Waals surface area contributed by atoms with Crippen LogP contribution in [-0.2, 0) is 17.9 Å². The predicted molar refractivity (Wildman–Crippen MR) is 112 cm³/mol. The molecule has 0 bridgehead atoms. The first-order chi connectivity index (χ1) is 12.4. The molecule has 0 aliphatic heterocycles. The van der Waals surface area contributed by atoms with Crippen LogP contribution in [-0.4, -0.2) is 15.0 Å². The summed E-state index contributed by atoms with van der Waals surface area (Å²) in [6.07, 6.45) is 0.851. The van der Waals surface area contributed by atoms with Crippen molar-refractivity contribution in [3.63, 3.8) is 0 Å². The SMILES string of the molecule is CCCn1c(=O)n(CC(=O)Nc2c(Br)cc(C)cc2Br)c2ccccc21. The summed E-state index contributed by atoms with van der Waals surface area (Å²) in [7, 11) is 0. The molecule has 136 valence electrons. The molecule has 3 aromatic rings. The number of nitrogens with zero attached hydrogens (tertiary/aromatic N) is 2. The first kappa shape index (κ1) is 18.9. The summed E-state index contributed by atoms with van der Waals surface area (Å²) in [5.74, 6) is -0.253. The number of hydrogen-bond acceptors (Lipinski definition) is 2. The second-order valence-corrected chi connectivity index (χ2v) is 7.87. The van der Waals surface area contributed by atoms with Crippen LogP contribution in [0.1, 0.15) is 18.9 Å². The van der Waals surface area contributed by atoms with Crippen LogP contribution in [0.4, 0.5) is 5.69 Å². The Labute approximate surface area is 168 Å². The minimum Gasteiger partial charge on any atom is -0.323 e. The maximum absolute atomic E-state index is 12.8.